The molecule has 25 heavy (non-hydrogen) atoms. The number of carbonyl (C=O) groups is 1. The van der Waals surface area contributed by atoms with Crippen molar-refractivity contribution in [3.63, 3.8) is 0 Å². The number of hydrogen-bond acceptors (Lipinski definition) is 5. The van der Waals surface area contributed by atoms with Gasteiger partial charge in [0, 0.05) is 30.7 Å². The second kappa shape index (κ2) is 6.68. The first kappa shape index (κ1) is 17.2. The smallest absolute Gasteiger partial charge is 0.263 e. The molecule has 132 valence electrons. The van der Waals surface area contributed by atoms with E-state index >= 15 is 0 Å². The summed E-state index contributed by atoms with van der Waals surface area (Å²) in [7, 11) is 1.66. The Morgan fingerprint density at radius 3 is 2.80 bits per heavy atom. The van der Waals surface area contributed by atoms with Gasteiger partial charge in [-0.15, -0.1) is 0 Å². The van der Waals surface area contributed by atoms with Crippen LogP contribution in [0.5, 0.6) is 0 Å². The van der Waals surface area contributed by atoms with Gasteiger partial charge in [0.1, 0.15) is 11.7 Å². The molecule has 1 aliphatic rings. The third-order valence-electron chi connectivity index (χ3n) is 4.46. The number of amides is 1. The molecule has 2 N–H and O–H groups in total. The maximum Gasteiger partial charge on any atom is 0.263 e. The summed E-state index contributed by atoms with van der Waals surface area (Å²) in [6.45, 7) is 4.85. The molecule has 2 aromatic heterocycles. The number of carbonyl (C=O) groups excluding carboxylic acids is 1. The molecule has 3 heterocycles. The minimum atomic E-state index is -0.353. The highest BCUT2D eigenvalue weighted by Gasteiger charge is 2.28. The zero-order valence-corrected chi connectivity index (χ0v) is 14.7. The third-order valence-corrected chi connectivity index (χ3v) is 4.46. The number of nitrogens with zero attached hydrogens (tertiary/aromatic N) is 3. The molecule has 1 saturated heterocycles. The fraction of sp³-hybridized carbons (Fsp3) is 0.389. The molecule has 0 radical (unpaired) electrons. The summed E-state index contributed by atoms with van der Waals surface area (Å²) in [5, 5.41) is 0. The van der Waals surface area contributed by atoms with E-state index in [1.165, 1.54) is 4.57 Å². The van der Waals surface area contributed by atoms with E-state index in [9.17, 15) is 9.59 Å². The standard InChI is InChI=1S/C18H22N4O3/c1-11-8-13(19)9-15(20-11)16-10-22(6-7-25-16)18(24)14-5-4-12(2)21(3)17(14)23/h4-5,8-9,16H,6-7,10H2,1-3H3,(H2,19,20)/t16-/m1/s1. The highest BCUT2D eigenvalue weighted by atomic mass is 16.5. The molecular weight excluding hydrogens is 320 g/mol. The number of nitrogens with two attached hydrogens (primary N) is 1. The molecule has 0 aliphatic carbocycles. The van der Waals surface area contributed by atoms with Crippen LogP contribution in [0.15, 0.2) is 29.1 Å². The van der Waals surface area contributed by atoms with Crippen LogP contribution in [-0.2, 0) is 11.8 Å². The second-order valence-electron chi connectivity index (χ2n) is 6.33. The Hall–Kier alpha value is -2.67. The highest BCUT2D eigenvalue weighted by molar-refractivity contribution is 5.94. The molecular formula is C18H22N4O3. The van der Waals surface area contributed by atoms with Crippen molar-refractivity contribution < 1.29 is 9.53 Å². The molecule has 0 bridgehead atoms. The molecule has 0 aromatic carbocycles. The first-order valence-electron chi connectivity index (χ1n) is 8.18. The molecule has 1 fully saturated rings. The Morgan fingerprint density at radius 2 is 2.08 bits per heavy atom. The maximum absolute atomic E-state index is 12.8. The Balaban J connectivity index is 1.85. The summed E-state index contributed by atoms with van der Waals surface area (Å²) < 4.78 is 7.25. The van der Waals surface area contributed by atoms with Gasteiger partial charge in [0.15, 0.2) is 0 Å². The minimum Gasteiger partial charge on any atom is -0.399 e. The molecule has 0 unspecified atom stereocenters. The molecule has 1 atom stereocenters. The monoisotopic (exact) mass is 342 g/mol. The van der Waals surface area contributed by atoms with Gasteiger partial charge in [0.2, 0.25) is 0 Å². The Bertz CT molecular complexity index is 855. The lowest BCUT2D eigenvalue weighted by atomic mass is 10.1. The number of pyridine rings is 2. The zero-order valence-electron chi connectivity index (χ0n) is 14.7. The number of rotatable bonds is 2. The van der Waals surface area contributed by atoms with E-state index < -0.39 is 0 Å². The van der Waals surface area contributed by atoms with Crippen LogP contribution < -0.4 is 11.3 Å². The van der Waals surface area contributed by atoms with Crippen molar-refractivity contribution in [1.29, 1.82) is 0 Å². The molecule has 3 rings (SSSR count). The molecule has 1 amide bonds. The van der Waals surface area contributed by atoms with Crippen LogP contribution in [0.2, 0.25) is 0 Å². The van der Waals surface area contributed by atoms with Gasteiger partial charge in [-0.25, -0.2) is 0 Å². The van der Waals surface area contributed by atoms with E-state index in [-0.39, 0.29) is 23.1 Å². The van der Waals surface area contributed by atoms with Crippen molar-refractivity contribution in [3.8, 4) is 0 Å². The van der Waals surface area contributed by atoms with E-state index in [1.807, 2.05) is 13.8 Å². The van der Waals surface area contributed by atoms with E-state index in [0.717, 1.165) is 11.4 Å². The van der Waals surface area contributed by atoms with Gasteiger partial charge >= 0.3 is 0 Å². The number of aromatic nitrogens is 2. The minimum absolute atomic E-state index is 0.172. The number of nitrogen functional groups attached to an aromatic ring is 1. The molecule has 7 nitrogen and oxygen atoms in total. The van der Waals surface area contributed by atoms with Crippen LogP contribution in [0, 0.1) is 13.8 Å². The second-order valence-corrected chi connectivity index (χ2v) is 6.33. The van der Waals surface area contributed by atoms with Gasteiger partial charge in [-0.2, -0.15) is 0 Å². The van der Waals surface area contributed by atoms with Gasteiger partial charge in [-0.05, 0) is 38.1 Å². The fourth-order valence-corrected chi connectivity index (χ4v) is 2.96. The van der Waals surface area contributed by atoms with Gasteiger partial charge in [0.05, 0.1) is 18.8 Å². The first-order chi connectivity index (χ1) is 11.9. The SMILES string of the molecule is Cc1cc(N)cc([C@H]2CN(C(=O)c3ccc(C)n(C)c3=O)CCO2)n1. The number of ether oxygens (including phenoxy) is 1. The van der Waals surface area contributed by atoms with Crippen molar-refractivity contribution in [2.75, 3.05) is 25.4 Å². The third kappa shape index (κ3) is 3.41. The fourth-order valence-electron chi connectivity index (χ4n) is 2.96. The highest BCUT2D eigenvalue weighted by Crippen LogP contribution is 2.23. The quantitative estimate of drug-likeness (QED) is 0.885. The van der Waals surface area contributed by atoms with Crippen molar-refractivity contribution >= 4 is 11.6 Å². The van der Waals surface area contributed by atoms with Crippen LogP contribution in [0.3, 0.4) is 0 Å². The van der Waals surface area contributed by atoms with Gasteiger partial charge in [-0.3, -0.25) is 14.6 Å². The van der Waals surface area contributed by atoms with Gasteiger partial charge < -0.3 is 19.9 Å². The van der Waals surface area contributed by atoms with Gasteiger partial charge in [-0.1, -0.05) is 0 Å². The summed E-state index contributed by atoms with van der Waals surface area (Å²) in [4.78, 5) is 31.3. The van der Waals surface area contributed by atoms with Crippen LogP contribution >= 0.6 is 0 Å². The van der Waals surface area contributed by atoms with Crippen LogP contribution in [0.1, 0.15) is 33.5 Å². The summed E-state index contributed by atoms with van der Waals surface area (Å²) in [5.41, 5.74) is 8.69. The van der Waals surface area contributed by atoms with Gasteiger partial charge in [0.25, 0.3) is 11.5 Å². The van der Waals surface area contributed by atoms with E-state index in [1.54, 1.807) is 36.2 Å². The molecule has 1 aliphatic heterocycles. The Morgan fingerprint density at radius 1 is 1.32 bits per heavy atom. The summed E-state index contributed by atoms with van der Waals surface area (Å²) in [6.07, 6.45) is -0.353. The number of morpholine rings is 1. The Kier molecular flexibility index (Phi) is 4.59. The van der Waals surface area contributed by atoms with Crippen molar-refractivity contribution in [2.24, 2.45) is 7.05 Å². The van der Waals surface area contributed by atoms with E-state index in [0.29, 0.717) is 31.1 Å². The average Bonchev–Trinajstić information content (AvgIpc) is 2.58. The van der Waals surface area contributed by atoms with Crippen LogP contribution in [-0.4, -0.2) is 40.1 Å². The lowest BCUT2D eigenvalue weighted by Gasteiger charge is -2.32. The molecule has 0 saturated carbocycles. The topological polar surface area (TPSA) is 90.5 Å². The lowest BCUT2D eigenvalue weighted by Crippen LogP contribution is -2.44. The number of hydrogen-bond donors (Lipinski definition) is 1. The van der Waals surface area contributed by atoms with E-state index in [4.69, 9.17) is 10.5 Å². The average molecular weight is 342 g/mol. The van der Waals surface area contributed by atoms with Crippen LogP contribution in [0.4, 0.5) is 5.69 Å². The first-order valence-corrected chi connectivity index (χ1v) is 8.18. The number of aryl methyl sites for hydroxylation is 2. The predicted molar refractivity (Wildman–Crippen MR) is 94.4 cm³/mol. The zero-order chi connectivity index (χ0) is 18.1. The normalized spacial score (nSPS) is 17.6. The van der Waals surface area contributed by atoms with E-state index in [2.05, 4.69) is 4.98 Å². The molecule has 2 aromatic rings. The maximum atomic E-state index is 12.8. The van der Waals surface area contributed by atoms with Crippen LogP contribution in [0.25, 0.3) is 0 Å². The summed E-state index contributed by atoms with van der Waals surface area (Å²) in [5.74, 6) is -0.283. The predicted octanol–water partition coefficient (Wildman–Crippen LogP) is 1.19. The molecule has 7 heteroatoms. The Labute approximate surface area is 146 Å². The number of anilines is 1. The van der Waals surface area contributed by atoms with Crippen molar-refractivity contribution in [2.45, 2.75) is 20.0 Å². The lowest BCUT2D eigenvalue weighted by molar-refractivity contribution is -0.0248. The summed E-state index contributed by atoms with van der Waals surface area (Å²) >= 11 is 0. The largest absolute Gasteiger partial charge is 0.399 e. The summed E-state index contributed by atoms with van der Waals surface area (Å²) in [6, 6.07) is 6.91. The van der Waals surface area contributed by atoms with Crippen molar-refractivity contribution in [1.82, 2.24) is 14.5 Å². The van der Waals surface area contributed by atoms with Crippen molar-refractivity contribution in [3.05, 3.63) is 57.3 Å². The molecule has 0 spiro atoms.